The van der Waals surface area contributed by atoms with Crippen molar-refractivity contribution in [1.29, 1.82) is 0 Å². The molecule has 0 radical (unpaired) electrons. The number of hydrogen-bond acceptors (Lipinski definition) is 8. The van der Waals surface area contributed by atoms with Crippen molar-refractivity contribution in [2.24, 2.45) is 0 Å². The number of esters is 1. The van der Waals surface area contributed by atoms with Crippen LogP contribution < -0.4 is 18.9 Å². The molecular formula is C17H16N4O5. The van der Waals surface area contributed by atoms with Gasteiger partial charge in [-0.1, -0.05) is 6.07 Å². The van der Waals surface area contributed by atoms with E-state index in [1.165, 1.54) is 44.5 Å². The molecule has 3 aromatic rings. The maximum absolute atomic E-state index is 12.5. The van der Waals surface area contributed by atoms with Crippen LogP contribution in [0, 0.1) is 0 Å². The third-order valence-electron chi connectivity index (χ3n) is 3.54. The van der Waals surface area contributed by atoms with Gasteiger partial charge >= 0.3 is 5.97 Å². The normalized spacial score (nSPS) is 10.3. The van der Waals surface area contributed by atoms with E-state index < -0.39 is 5.97 Å². The molecule has 0 aliphatic carbocycles. The zero-order valence-corrected chi connectivity index (χ0v) is 14.4. The van der Waals surface area contributed by atoms with Gasteiger partial charge in [0.2, 0.25) is 5.75 Å². The molecule has 0 aliphatic heterocycles. The fraction of sp³-hybridized carbons (Fsp3) is 0.176. The summed E-state index contributed by atoms with van der Waals surface area (Å²) < 4.78 is 22.6. The second kappa shape index (κ2) is 7.51. The average Bonchev–Trinajstić information content (AvgIpc) is 3.21. The Morgan fingerprint density at radius 1 is 1.00 bits per heavy atom. The van der Waals surface area contributed by atoms with Crippen LogP contribution in [0.3, 0.4) is 0 Å². The largest absolute Gasteiger partial charge is 0.493 e. The van der Waals surface area contributed by atoms with E-state index >= 15 is 0 Å². The van der Waals surface area contributed by atoms with Crippen LogP contribution in [0.1, 0.15) is 10.4 Å². The number of tetrazole rings is 1. The van der Waals surface area contributed by atoms with Crippen LogP contribution in [0.25, 0.3) is 5.69 Å². The Morgan fingerprint density at radius 3 is 2.31 bits per heavy atom. The van der Waals surface area contributed by atoms with Crippen LogP contribution in [-0.2, 0) is 0 Å². The van der Waals surface area contributed by atoms with Crippen molar-refractivity contribution in [3.05, 3.63) is 48.3 Å². The number of methoxy groups -OCH3 is 3. The predicted octanol–water partition coefficient (Wildman–Crippen LogP) is 1.91. The summed E-state index contributed by atoms with van der Waals surface area (Å²) in [7, 11) is 4.44. The van der Waals surface area contributed by atoms with Crippen LogP contribution in [0.15, 0.2) is 42.7 Å². The number of rotatable bonds is 6. The van der Waals surface area contributed by atoms with E-state index in [4.69, 9.17) is 18.9 Å². The number of aromatic nitrogens is 4. The molecule has 3 rings (SSSR count). The van der Waals surface area contributed by atoms with Crippen LogP contribution >= 0.6 is 0 Å². The summed E-state index contributed by atoms with van der Waals surface area (Å²) in [5.41, 5.74) is 0.914. The van der Waals surface area contributed by atoms with E-state index in [9.17, 15) is 4.79 Å². The molecule has 2 aromatic carbocycles. The molecule has 26 heavy (non-hydrogen) atoms. The predicted molar refractivity (Wildman–Crippen MR) is 90.2 cm³/mol. The van der Waals surface area contributed by atoms with Crippen molar-refractivity contribution in [2.45, 2.75) is 0 Å². The minimum absolute atomic E-state index is 0.257. The van der Waals surface area contributed by atoms with Crippen molar-refractivity contribution in [2.75, 3.05) is 21.3 Å². The van der Waals surface area contributed by atoms with Gasteiger partial charge in [-0.05, 0) is 34.7 Å². The van der Waals surface area contributed by atoms with E-state index in [-0.39, 0.29) is 5.56 Å². The Morgan fingerprint density at radius 2 is 1.73 bits per heavy atom. The first-order chi connectivity index (χ1) is 12.7. The molecule has 1 aromatic heterocycles. The zero-order valence-electron chi connectivity index (χ0n) is 14.4. The summed E-state index contributed by atoms with van der Waals surface area (Å²) in [6.45, 7) is 0. The molecule has 0 aliphatic rings. The Balaban J connectivity index is 1.88. The highest BCUT2D eigenvalue weighted by Gasteiger charge is 2.18. The number of nitrogens with zero attached hydrogens (tertiary/aromatic N) is 4. The third kappa shape index (κ3) is 3.41. The van der Waals surface area contributed by atoms with Gasteiger partial charge in [0.1, 0.15) is 12.1 Å². The maximum Gasteiger partial charge on any atom is 0.343 e. The molecule has 0 fully saturated rings. The first-order valence-corrected chi connectivity index (χ1v) is 7.52. The van der Waals surface area contributed by atoms with Crippen LogP contribution in [0.4, 0.5) is 0 Å². The Hall–Kier alpha value is -3.62. The molecule has 0 atom stereocenters. The third-order valence-corrected chi connectivity index (χ3v) is 3.54. The molecule has 134 valence electrons. The lowest BCUT2D eigenvalue weighted by atomic mass is 10.2. The smallest absolute Gasteiger partial charge is 0.343 e. The van der Waals surface area contributed by atoms with Crippen molar-refractivity contribution >= 4 is 5.97 Å². The van der Waals surface area contributed by atoms with Gasteiger partial charge in [-0.25, -0.2) is 9.48 Å². The molecule has 0 spiro atoms. The van der Waals surface area contributed by atoms with Crippen molar-refractivity contribution < 1.29 is 23.7 Å². The Bertz CT molecular complexity index is 886. The van der Waals surface area contributed by atoms with Crippen molar-refractivity contribution in [1.82, 2.24) is 20.2 Å². The van der Waals surface area contributed by atoms with Gasteiger partial charge in [0.05, 0.1) is 32.6 Å². The maximum atomic E-state index is 12.5. The first-order valence-electron chi connectivity index (χ1n) is 7.52. The minimum atomic E-state index is -0.571. The topological polar surface area (TPSA) is 97.6 Å². The fourth-order valence-corrected chi connectivity index (χ4v) is 2.33. The van der Waals surface area contributed by atoms with Gasteiger partial charge in [0, 0.05) is 6.07 Å². The highest BCUT2D eigenvalue weighted by molar-refractivity contribution is 5.92. The van der Waals surface area contributed by atoms with Gasteiger partial charge in [-0.15, -0.1) is 5.10 Å². The molecule has 0 amide bonds. The Labute approximate surface area is 149 Å². The number of hydrogen-bond donors (Lipinski definition) is 0. The molecule has 9 nitrogen and oxygen atoms in total. The minimum Gasteiger partial charge on any atom is -0.493 e. The van der Waals surface area contributed by atoms with E-state index in [1.807, 2.05) is 0 Å². The summed E-state index contributed by atoms with van der Waals surface area (Å²) in [4.78, 5) is 12.5. The molecule has 0 unspecified atom stereocenters. The summed E-state index contributed by atoms with van der Waals surface area (Å²) in [5, 5.41) is 10.9. The molecule has 0 saturated carbocycles. The lowest BCUT2D eigenvalue weighted by Crippen LogP contribution is -2.10. The van der Waals surface area contributed by atoms with Crippen LogP contribution in [0.2, 0.25) is 0 Å². The molecule has 0 saturated heterocycles. The van der Waals surface area contributed by atoms with Gasteiger partial charge < -0.3 is 18.9 Å². The number of ether oxygens (including phenoxy) is 4. The van der Waals surface area contributed by atoms with Gasteiger partial charge in [0.15, 0.2) is 11.5 Å². The van der Waals surface area contributed by atoms with Gasteiger partial charge in [0.25, 0.3) is 0 Å². The van der Waals surface area contributed by atoms with E-state index in [1.54, 1.807) is 24.3 Å². The Kier molecular flexibility index (Phi) is 4.97. The SMILES string of the molecule is COc1cc(C(=O)Oc2cccc(-n3cnnn3)c2)cc(OC)c1OC. The molecule has 9 heteroatoms. The fourth-order valence-electron chi connectivity index (χ4n) is 2.33. The first kappa shape index (κ1) is 17.2. The summed E-state index contributed by atoms with van der Waals surface area (Å²) >= 11 is 0. The quantitative estimate of drug-likeness (QED) is 0.488. The zero-order chi connectivity index (χ0) is 18.5. The standard InChI is InChI=1S/C17H16N4O5/c1-23-14-7-11(8-15(24-2)16(14)25-3)17(22)26-13-6-4-5-12(9-13)21-10-18-19-20-21/h4-10H,1-3H3. The van der Waals surface area contributed by atoms with Crippen molar-refractivity contribution in [3.8, 4) is 28.7 Å². The number of benzene rings is 2. The van der Waals surface area contributed by atoms with E-state index in [0.717, 1.165) is 0 Å². The summed E-state index contributed by atoms with van der Waals surface area (Å²) in [6.07, 6.45) is 1.44. The average molecular weight is 356 g/mol. The second-order valence-corrected chi connectivity index (χ2v) is 5.06. The van der Waals surface area contributed by atoms with E-state index in [2.05, 4.69) is 15.5 Å². The second-order valence-electron chi connectivity index (χ2n) is 5.06. The monoisotopic (exact) mass is 356 g/mol. The van der Waals surface area contributed by atoms with Crippen LogP contribution in [-0.4, -0.2) is 47.5 Å². The van der Waals surface area contributed by atoms with Gasteiger partial charge in [-0.2, -0.15) is 0 Å². The van der Waals surface area contributed by atoms with Crippen molar-refractivity contribution in [3.63, 3.8) is 0 Å². The number of carbonyl (C=O) groups excluding carboxylic acids is 1. The highest BCUT2D eigenvalue weighted by atomic mass is 16.5. The summed E-state index contributed by atoms with van der Waals surface area (Å²) in [5.74, 6) is 0.893. The molecule has 0 N–H and O–H groups in total. The van der Waals surface area contributed by atoms with Crippen LogP contribution in [0.5, 0.6) is 23.0 Å². The highest BCUT2D eigenvalue weighted by Crippen LogP contribution is 2.38. The van der Waals surface area contributed by atoms with Gasteiger partial charge in [-0.3, -0.25) is 0 Å². The molecular weight excluding hydrogens is 340 g/mol. The summed E-state index contributed by atoms with van der Waals surface area (Å²) in [6, 6.07) is 9.86. The lowest BCUT2D eigenvalue weighted by Gasteiger charge is -2.13. The lowest BCUT2D eigenvalue weighted by molar-refractivity contribution is 0.0734. The molecule has 1 heterocycles. The van der Waals surface area contributed by atoms with E-state index in [0.29, 0.717) is 28.7 Å². The number of carbonyl (C=O) groups is 1. The molecule has 0 bridgehead atoms.